The van der Waals surface area contributed by atoms with E-state index in [0.29, 0.717) is 23.6 Å². The Kier molecular flexibility index (Phi) is 4.94. The van der Waals surface area contributed by atoms with Crippen LogP contribution in [0.2, 0.25) is 0 Å². The van der Waals surface area contributed by atoms with Crippen LogP contribution in [0.3, 0.4) is 0 Å². The van der Waals surface area contributed by atoms with Gasteiger partial charge in [0.1, 0.15) is 0 Å². The SMILES string of the molecule is Cc1cc(C)c(S(N)(=O)=O)cc1C(=O)N(C)CC(C)C. The van der Waals surface area contributed by atoms with Crippen LogP contribution in [0.25, 0.3) is 0 Å². The highest BCUT2D eigenvalue weighted by atomic mass is 32.2. The van der Waals surface area contributed by atoms with Crippen molar-refractivity contribution in [3.05, 3.63) is 28.8 Å². The summed E-state index contributed by atoms with van der Waals surface area (Å²) in [5.41, 5.74) is 1.67. The van der Waals surface area contributed by atoms with E-state index in [1.807, 2.05) is 13.8 Å². The van der Waals surface area contributed by atoms with Gasteiger partial charge in [0, 0.05) is 19.2 Å². The van der Waals surface area contributed by atoms with Gasteiger partial charge in [-0.25, -0.2) is 13.6 Å². The molecule has 1 rings (SSSR count). The first-order valence-electron chi connectivity index (χ1n) is 6.43. The molecule has 1 amide bonds. The summed E-state index contributed by atoms with van der Waals surface area (Å²) < 4.78 is 23.1. The summed E-state index contributed by atoms with van der Waals surface area (Å²) in [4.78, 5) is 14.0. The van der Waals surface area contributed by atoms with Gasteiger partial charge in [0.2, 0.25) is 10.0 Å². The molecule has 0 atom stereocenters. The van der Waals surface area contributed by atoms with E-state index in [1.54, 1.807) is 31.9 Å². The van der Waals surface area contributed by atoms with Gasteiger partial charge in [0.25, 0.3) is 5.91 Å². The van der Waals surface area contributed by atoms with Gasteiger partial charge in [0.15, 0.2) is 0 Å². The third-order valence-corrected chi connectivity index (χ3v) is 4.10. The van der Waals surface area contributed by atoms with Crippen LogP contribution >= 0.6 is 0 Å². The van der Waals surface area contributed by atoms with E-state index in [2.05, 4.69) is 0 Å². The van der Waals surface area contributed by atoms with Crippen LogP contribution < -0.4 is 5.14 Å². The lowest BCUT2D eigenvalue weighted by molar-refractivity contribution is 0.0778. The van der Waals surface area contributed by atoms with Crippen molar-refractivity contribution in [1.29, 1.82) is 0 Å². The maximum Gasteiger partial charge on any atom is 0.253 e. The van der Waals surface area contributed by atoms with Gasteiger partial charge >= 0.3 is 0 Å². The summed E-state index contributed by atoms with van der Waals surface area (Å²) in [5, 5.41) is 5.18. The summed E-state index contributed by atoms with van der Waals surface area (Å²) in [6.45, 7) is 8.09. The zero-order valence-electron chi connectivity index (χ0n) is 12.6. The fourth-order valence-corrected chi connectivity index (χ4v) is 3.00. The van der Waals surface area contributed by atoms with E-state index in [-0.39, 0.29) is 10.8 Å². The van der Waals surface area contributed by atoms with E-state index in [4.69, 9.17) is 5.14 Å². The van der Waals surface area contributed by atoms with Crippen molar-refractivity contribution < 1.29 is 13.2 Å². The summed E-state index contributed by atoms with van der Waals surface area (Å²) in [6.07, 6.45) is 0. The van der Waals surface area contributed by atoms with Crippen molar-refractivity contribution in [3.63, 3.8) is 0 Å². The number of aryl methyl sites for hydroxylation is 2. The van der Waals surface area contributed by atoms with E-state index in [1.165, 1.54) is 6.07 Å². The largest absolute Gasteiger partial charge is 0.341 e. The molecule has 0 saturated carbocycles. The number of nitrogens with two attached hydrogens (primary N) is 1. The van der Waals surface area contributed by atoms with E-state index < -0.39 is 10.0 Å². The molecule has 0 heterocycles. The fourth-order valence-electron chi connectivity index (χ4n) is 2.21. The van der Waals surface area contributed by atoms with Crippen LogP contribution in [0.5, 0.6) is 0 Å². The third kappa shape index (κ3) is 3.80. The zero-order chi connectivity index (χ0) is 15.7. The van der Waals surface area contributed by atoms with Gasteiger partial charge in [-0.1, -0.05) is 19.9 Å². The molecule has 112 valence electrons. The molecule has 0 aliphatic carbocycles. The number of hydrogen-bond acceptors (Lipinski definition) is 3. The van der Waals surface area contributed by atoms with Crippen molar-refractivity contribution >= 4 is 15.9 Å². The highest BCUT2D eigenvalue weighted by Crippen LogP contribution is 2.21. The number of carbonyl (C=O) groups excluding carboxylic acids is 1. The number of carbonyl (C=O) groups is 1. The van der Waals surface area contributed by atoms with Crippen LogP contribution in [0.1, 0.15) is 35.3 Å². The smallest absolute Gasteiger partial charge is 0.253 e. The molecule has 0 fully saturated rings. The second kappa shape index (κ2) is 5.93. The van der Waals surface area contributed by atoms with Gasteiger partial charge in [-0.05, 0) is 37.0 Å². The van der Waals surface area contributed by atoms with Crippen molar-refractivity contribution in [2.24, 2.45) is 11.1 Å². The van der Waals surface area contributed by atoms with Crippen molar-refractivity contribution in [2.45, 2.75) is 32.6 Å². The van der Waals surface area contributed by atoms with E-state index >= 15 is 0 Å². The first-order chi connectivity index (χ1) is 9.04. The van der Waals surface area contributed by atoms with Gasteiger partial charge < -0.3 is 4.90 Å². The number of benzene rings is 1. The van der Waals surface area contributed by atoms with Crippen molar-refractivity contribution in [2.75, 3.05) is 13.6 Å². The van der Waals surface area contributed by atoms with Crippen LogP contribution in [0.4, 0.5) is 0 Å². The highest BCUT2D eigenvalue weighted by molar-refractivity contribution is 7.89. The highest BCUT2D eigenvalue weighted by Gasteiger charge is 2.20. The second-order valence-corrected chi connectivity index (χ2v) is 7.09. The Hall–Kier alpha value is -1.40. The third-order valence-electron chi connectivity index (χ3n) is 3.04. The minimum absolute atomic E-state index is 0.00407. The average Bonchev–Trinajstić information content (AvgIpc) is 2.25. The number of primary sulfonamides is 1. The maximum absolute atomic E-state index is 12.4. The Balaban J connectivity index is 3.29. The standard InChI is InChI=1S/C14H22N2O3S/c1-9(2)8-16(5)14(17)12-7-13(20(15,18)19)11(4)6-10(12)3/h6-7,9H,8H2,1-5H3,(H2,15,18,19). The Morgan fingerprint density at radius 3 is 2.25 bits per heavy atom. The molecule has 5 nitrogen and oxygen atoms in total. The number of amides is 1. The molecule has 0 aromatic heterocycles. The molecule has 0 bridgehead atoms. The minimum Gasteiger partial charge on any atom is -0.341 e. The van der Waals surface area contributed by atoms with Gasteiger partial charge in [0.05, 0.1) is 4.90 Å². The Bertz CT molecular complexity index is 622. The minimum atomic E-state index is -3.83. The van der Waals surface area contributed by atoms with Crippen LogP contribution in [-0.2, 0) is 10.0 Å². The molecule has 0 saturated heterocycles. The second-order valence-electron chi connectivity index (χ2n) is 5.56. The van der Waals surface area contributed by atoms with Crippen LogP contribution in [0.15, 0.2) is 17.0 Å². The predicted molar refractivity (Wildman–Crippen MR) is 79.1 cm³/mol. The fraction of sp³-hybridized carbons (Fsp3) is 0.500. The Morgan fingerprint density at radius 1 is 1.25 bits per heavy atom. The maximum atomic E-state index is 12.4. The van der Waals surface area contributed by atoms with Crippen molar-refractivity contribution in [1.82, 2.24) is 4.90 Å². The molecule has 0 radical (unpaired) electrons. The normalized spacial score (nSPS) is 11.8. The van der Waals surface area contributed by atoms with E-state index in [0.717, 1.165) is 5.56 Å². The molecule has 2 N–H and O–H groups in total. The molecular weight excluding hydrogens is 276 g/mol. The lowest BCUT2D eigenvalue weighted by Gasteiger charge is -2.21. The first-order valence-corrected chi connectivity index (χ1v) is 7.98. The number of nitrogens with zero attached hydrogens (tertiary/aromatic N) is 1. The molecular formula is C14H22N2O3S. The van der Waals surface area contributed by atoms with Gasteiger partial charge in [-0.3, -0.25) is 4.79 Å². The molecule has 1 aromatic carbocycles. The lowest BCUT2D eigenvalue weighted by Crippen LogP contribution is -2.31. The topological polar surface area (TPSA) is 80.5 Å². The lowest BCUT2D eigenvalue weighted by atomic mass is 10.0. The number of hydrogen-bond donors (Lipinski definition) is 1. The molecule has 6 heteroatoms. The van der Waals surface area contributed by atoms with Crippen LogP contribution in [-0.4, -0.2) is 32.8 Å². The molecule has 0 unspecified atom stereocenters. The molecule has 0 aliphatic heterocycles. The quantitative estimate of drug-likeness (QED) is 0.918. The predicted octanol–water partition coefficient (Wildman–Crippen LogP) is 1.68. The van der Waals surface area contributed by atoms with Crippen LogP contribution in [0, 0.1) is 19.8 Å². The van der Waals surface area contributed by atoms with Gasteiger partial charge in [-0.2, -0.15) is 0 Å². The molecule has 1 aromatic rings. The Morgan fingerprint density at radius 2 is 1.80 bits per heavy atom. The summed E-state index contributed by atoms with van der Waals surface area (Å²) in [5.74, 6) is 0.147. The summed E-state index contributed by atoms with van der Waals surface area (Å²) >= 11 is 0. The molecule has 0 spiro atoms. The number of rotatable bonds is 4. The molecule has 0 aliphatic rings. The zero-order valence-corrected chi connectivity index (χ0v) is 13.4. The summed E-state index contributed by atoms with van der Waals surface area (Å²) in [7, 11) is -2.12. The number of sulfonamides is 1. The van der Waals surface area contributed by atoms with E-state index in [9.17, 15) is 13.2 Å². The first kappa shape index (κ1) is 16.7. The van der Waals surface area contributed by atoms with Gasteiger partial charge in [-0.15, -0.1) is 0 Å². The summed E-state index contributed by atoms with van der Waals surface area (Å²) in [6, 6.07) is 3.05. The molecule has 20 heavy (non-hydrogen) atoms. The monoisotopic (exact) mass is 298 g/mol. The Labute approximate surface area is 120 Å². The average molecular weight is 298 g/mol. The van der Waals surface area contributed by atoms with Crippen molar-refractivity contribution in [3.8, 4) is 0 Å².